The number of rotatable bonds is 9. The smallest absolute Gasteiger partial charge is 0.101 e. The Morgan fingerprint density at radius 2 is 2.17 bits per heavy atom. The monoisotopic (exact) mass is 269 g/mol. The summed E-state index contributed by atoms with van der Waals surface area (Å²) in [5.74, 6) is 0. The summed E-state index contributed by atoms with van der Waals surface area (Å²) in [4.78, 5) is 1.05. The van der Waals surface area contributed by atoms with Gasteiger partial charge in [-0.2, -0.15) is 0 Å². The van der Waals surface area contributed by atoms with Gasteiger partial charge in [0.1, 0.15) is 6.10 Å². The number of unbranched alkanes of at least 4 members (excludes halogenated alkanes) is 2. The van der Waals surface area contributed by atoms with Crippen molar-refractivity contribution in [1.82, 2.24) is 5.32 Å². The Bertz CT molecular complexity index is 308. The van der Waals surface area contributed by atoms with Crippen LogP contribution in [0.15, 0.2) is 17.5 Å². The number of thiophene rings is 1. The van der Waals surface area contributed by atoms with Crippen molar-refractivity contribution < 1.29 is 5.11 Å². The van der Waals surface area contributed by atoms with E-state index in [-0.39, 0.29) is 6.10 Å². The molecule has 0 aliphatic heterocycles. The highest BCUT2D eigenvalue weighted by atomic mass is 32.1. The van der Waals surface area contributed by atoms with Crippen LogP contribution in [0, 0.1) is 5.41 Å². The molecule has 2 N–H and O–H groups in total. The van der Waals surface area contributed by atoms with Crippen LogP contribution in [0.1, 0.15) is 57.4 Å². The van der Waals surface area contributed by atoms with Gasteiger partial charge in [-0.3, -0.25) is 0 Å². The third-order valence-electron chi connectivity index (χ3n) is 3.27. The predicted molar refractivity (Wildman–Crippen MR) is 80.1 cm³/mol. The molecule has 104 valence electrons. The Morgan fingerprint density at radius 1 is 1.39 bits per heavy atom. The van der Waals surface area contributed by atoms with Crippen molar-refractivity contribution >= 4 is 11.3 Å². The van der Waals surface area contributed by atoms with Gasteiger partial charge in [-0.15, -0.1) is 11.3 Å². The standard InChI is InChI=1S/C15H27NOS/c1-4-5-6-9-15(2,3)12-16-11-13(17)14-8-7-10-18-14/h7-8,10,13,16-17H,4-6,9,11-12H2,1-3H3. The lowest BCUT2D eigenvalue weighted by atomic mass is 9.87. The second kappa shape index (κ2) is 7.93. The van der Waals surface area contributed by atoms with Crippen LogP contribution in [0.4, 0.5) is 0 Å². The molecule has 0 saturated carbocycles. The summed E-state index contributed by atoms with van der Waals surface area (Å²) in [5.41, 5.74) is 0.324. The van der Waals surface area contributed by atoms with E-state index in [1.165, 1.54) is 25.7 Å². The zero-order valence-corrected chi connectivity index (χ0v) is 12.7. The van der Waals surface area contributed by atoms with Crippen LogP contribution < -0.4 is 5.32 Å². The summed E-state index contributed by atoms with van der Waals surface area (Å²) < 4.78 is 0. The highest BCUT2D eigenvalue weighted by molar-refractivity contribution is 7.10. The fourth-order valence-electron chi connectivity index (χ4n) is 2.07. The van der Waals surface area contributed by atoms with Crippen LogP contribution in [0.3, 0.4) is 0 Å². The second-order valence-electron chi connectivity index (χ2n) is 5.78. The molecule has 0 spiro atoms. The lowest BCUT2D eigenvalue weighted by Gasteiger charge is -2.25. The first-order valence-electron chi connectivity index (χ1n) is 6.97. The normalized spacial score (nSPS) is 13.8. The third-order valence-corrected chi connectivity index (χ3v) is 4.24. The van der Waals surface area contributed by atoms with Gasteiger partial charge in [-0.25, -0.2) is 0 Å². The number of nitrogens with one attached hydrogen (secondary N) is 1. The molecular weight excluding hydrogens is 242 g/mol. The minimum Gasteiger partial charge on any atom is -0.386 e. The number of aliphatic hydroxyl groups is 1. The highest BCUT2D eigenvalue weighted by Crippen LogP contribution is 2.23. The van der Waals surface area contributed by atoms with E-state index in [9.17, 15) is 5.11 Å². The van der Waals surface area contributed by atoms with Gasteiger partial charge in [-0.05, 0) is 23.3 Å². The quantitative estimate of drug-likeness (QED) is 0.665. The van der Waals surface area contributed by atoms with Gasteiger partial charge in [0.2, 0.25) is 0 Å². The zero-order valence-electron chi connectivity index (χ0n) is 11.9. The number of hydrogen-bond donors (Lipinski definition) is 2. The molecule has 0 aliphatic rings. The second-order valence-corrected chi connectivity index (χ2v) is 6.76. The first-order valence-corrected chi connectivity index (χ1v) is 7.85. The summed E-state index contributed by atoms with van der Waals surface area (Å²) in [6.07, 6.45) is 4.79. The molecule has 1 atom stereocenters. The van der Waals surface area contributed by atoms with E-state index in [1.807, 2.05) is 17.5 Å². The van der Waals surface area contributed by atoms with Gasteiger partial charge in [0, 0.05) is 18.0 Å². The largest absolute Gasteiger partial charge is 0.386 e. The SMILES string of the molecule is CCCCCC(C)(C)CNCC(O)c1cccs1. The summed E-state index contributed by atoms with van der Waals surface area (Å²) >= 11 is 1.62. The highest BCUT2D eigenvalue weighted by Gasteiger charge is 2.17. The third kappa shape index (κ3) is 5.98. The van der Waals surface area contributed by atoms with Crippen molar-refractivity contribution in [3.05, 3.63) is 22.4 Å². The molecule has 0 aromatic carbocycles. The van der Waals surface area contributed by atoms with E-state index in [1.54, 1.807) is 11.3 Å². The van der Waals surface area contributed by atoms with E-state index in [2.05, 4.69) is 26.1 Å². The Hall–Kier alpha value is -0.380. The van der Waals surface area contributed by atoms with Crippen molar-refractivity contribution in [3.8, 4) is 0 Å². The fraction of sp³-hybridized carbons (Fsp3) is 0.733. The van der Waals surface area contributed by atoms with Gasteiger partial charge in [0.15, 0.2) is 0 Å². The Morgan fingerprint density at radius 3 is 2.78 bits per heavy atom. The first-order chi connectivity index (χ1) is 8.55. The van der Waals surface area contributed by atoms with E-state index in [4.69, 9.17) is 0 Å². The van der Waals surface area contributed by atoms with Crippen LogP contribution in [0.5, 0.6) is 0 Å². The molecule has 0 saturated heterocycles. The van der Waals surface area contributed by atoms with Gasteiger partial charge in [-0.1, -0.05) is 46.1 Å². The van der Waals surface area contributed by atoms with Crippen molar-refractivity contribution in [2.75, 3.05) is 13.1 Å². The summed E-state index contributed by atoms with van der Waals surface area (Å²) in [6.45, 7) is 8.46. The van der Waals surface area contributed by atoms with Crippen molar-refractivity contribution in [3.63, 3.8) is 0 Å². The minimum absolute atomic E-state index is 0.324. The molecule has 0 bridgehead atoms. The van der Waals surface area contributed by atoms with Gasteiger partial charge >= 0.3 is 0 Å². The maximum absolute atomic E-state index is 9.97. The molecule has 18 heavy (non-hydrogen) atoms. The van der Waals surface area contributed by atoms with Crippen LogP contribution in [0.2, 0.25) is 0 Å². The fourth-order valence-corrected chi connectivity index (χ4v) is 2.78. The van der Waals surface area contributed by atoms with Crippen molar-refractivity contribution in [1.29, 1.82) is 0 Å². The van der Waals surface area contributed by atoms with Gasteiger partial charge < -0.3 is 10.4 Å². The molecular formula is C15H27NOS. The molecule has 2 nitrogen and oxygen atoms in total. The Kier molecular flexibility index (Phi) is 6.90. The van der Waals surface area contributed by atoms with Crippen LogP contribution in [-0.2, 0) is 0 Å². The summed E-state index contributed by atoms with van der Waals surface area (Å²) in [6, 6.07) is 3.97. The average molecular weight is 269 g/mol. The molecule has 1 aromatic heterocycles. The number of aliphatic hydroxyl groups excluding tert-OH is 1. The Balaban J connectivity index is 2.19. The zero-order chi connectivity index (χ0) is 13.4. The molecule has 0 fully saturated rings. The Labute approximate surface area is 115 Å². The lowest BCUT2D eigenvalue weighted by molar-refractivity contribution is 0.170. The molecule has 1 heterocycles. The molecule has 0 radical (unpaired) electrons. The van der Waals surface area contributed by atoms with E-state index in [0.717, 1.165) is 11.4 Å². The van der Waals surface area contributed by atoms with E-state index < -0.39 is 0 Å². The van der Waals surface area contributed by atoms with Crippen molar-refractivity contribution in [2.45, 2.75) is 52.6 Å². The van der Waals surface area contributed by atoms with Crippen molar-refractivity contribution in [2.24, 2.45) is 5.41 Å². The van der Waals surface area contributed by atoms with Crippen LogP contribution in [0.25, 0.3) is 0 Å². The minimum atomic E-state index is -0.364. The molecule has 1 aromatic rings. The maximum atomic E-state index is 9.97. The summed E-state index contributed by atoms with van der Waals surface area (Å²) in [7, 11) is 0. The average Bonchev–Trinajstić information content (AvgIpc) is 2.82. The predicted octanol–water partition coefficient (Wildman–Crippen LogP) is 3.98. The lowest BCUT2D eigenvalue weighted by Crippen LogP contribution is -2.32. The molecule has 1 unspecified atom stereocenters. The molecule has 1 rings (SSSR count). The van der Waals surface area contributed by atoms with Gasteiger partial charge in [0.05, 0.1) is 0 Å². The van der Waals surface area contributed by atoms with Crippen LogP contribution >= 0.6 is 11.3 Å². The number of hydrogen-bond acceptors (Lipinski definition) is 3. The molecule has 0 amide bonds. The molecule has 0 aliphatic carbocycles. The first kappa shape index (κ1) is 15.7. The topological polar surface area (TPSA) is 32.3 Å². The molecule has 3 heteroatoms. The van der Waals surface area contributed by atoms with E-state index in [0.29, 0.717) is 12.0 Å². The summed E-state index contributed by atoms with van der Waals surface area (Å²) in [5, 5.41) is 15.4. The van der Waals surface area contributed by atoms with Crippen LogP contribution in [-0.4, -0.2) is 18.2 Å². The maximum Gasteiger partial charge on any atom is 0.101 e. The van der Waals surface area contributed by atoms with E-state index >= 15 is 0 Å². The van der Waals surface area contributed by atoms with Gasteiger partial charge in [0.25, 0.3) is 0 Å².